The molecule has 0 saturated carbocycles. The summed E-state index contributed by atoms with van der Waals surface area (Å²) >= 11 is 0. The normalized spacial score (nSPS) is 24.1. The van der Waals surface area contributed by atoms with Gasteiger partial charge in [0.15, 0.2) is 15.7 Å². The van der Waals surface area contributed by atoms with Gasteiger partial charge in [0.1, 0.15) is 11.5 Å². The van der Waals surface area contributed by atoms with Gasteiger partial charge in [0.2, 0.25) is 5.89 Å². The van der Waals surface area contributed by atoms with Crippen molar-refractivity contribution in [2.24, 2.45) is 0 Å². The van der Waals surface area contributed by atoms with Crippen LogP contribution < -0.4 is 0 Å². The summed E-state index contributed by atoms with van der Waals surface area (Å²) in [4.78, 5) is 14.1. The van der Waals surface area contributed by atoms with Gasteiger partial charge in [0, 0.05) is 0 Å². The molecule has 0 N–H and O–H groups in total. The van der Waals surface area contributed by atoms with E-state index in [1.54, 1.807) is 0 Å². The van der Waals surface area contributed by atoms with Crippen molar-refractivity contribution >= 4 is 16.1 Å². The Balaban J connectivity index is 2.26. The van der Waals surface area contributed by atoms with Crippen LogP contribution in [0.4, 0.5) is 0 Å². The molecule has 0 aliphatic carbocycles. The first-order chi connectivity index (χ1) is 7.13. The zero-order valence-corrected chi connectivity index (χ0v) is 8.74. The van der Waals surface area contributed by atoms with E-state index in [4.69, 9.17) is 4.52 Å². The third kappa shape index (κ3) is 1.92. The summed E-state index contributed by atoms with van der Waals surface area (Å²) in [6.45, 7) is 0. The van der Waals surface area contributed by atoms with E-state index in [1.807, 2.05) is 0 Å². The molecule has 0 spiro atoms. The maximum Gasteiger partial charge on any atom is 0.244 e. The molecule has 0 bridgehead atoms. The Morgan fingerprint density at radius 1 is 1.53 bits per heavy atom. The number of hydrogen-bond acceptors (Lipinski definition) is 6. The van der Waals surface area contributed by atoms with Gasteiger partial charge in [-0.15, -0.1) is 0 Å². The van der Waals surface area contributed by atoms with E-state index >= 15 is 0 Å². The van der Waals surface area contributed by atoms with Crippen LogP contribution in [0.5, 0.6) is 0 Å². The van der Waals surface area contributed by atoms with E-state index in [-0.39, 0.29) is 23.9 Å². The van der Waals surface area contributed by atoms with E-state index in [0.717, 1.165) is 0 Å². The zero-order chi connectivity index (χ0) is 10.9. The first kappa shape index (κ1) is 10.3. The third-order valence-corrected chi connectivity index (χ3v) is 4.52. The molecule has 1 atom stereocenters. The lowest BCUT2D eigenvalue weighted by Crippen LogP contribution is -2.08. The second-order valence-electron chi connectivity index (χ2n) is 3.42. The van der Waals surface area contributed by atoms with Gasteiger partial charge >= 0.3 is 0 Å². The van der Waals surface area contributed by atoms with Gasteiger partial charge in [-0.1, -0.05) is 5.16 Å². The first-order valence-corrected chi connectivity index (χ1v) is 6.33. The minimum absolute atomic E-state index is 0.0519. The van der Waals surface area contributed by atoms with Gasteiger partial charge in [-0.2, -0.15) is 4.98 Å². The molecule has 1 aliphatic heterocycles. The van der Waals surface area contributed by atoms with Crippen molar-refractivity contribution in [3.8, 4) is 0 Å². The van der Waals surface area contributed by atoms with Crippen molar-refractivity contribution in [3.63, 3.8) is 0 Å². The highest BCUT2D eigenvalue weighted by Crippen LogP contribution is 2.33. The maximum atomic E-state index is 11.5. The quantitative estimate of drug-likeness (QED) is 0.682. The molecular formula is C8H10N2O4S. The predicted molar refractivity (Wildman–Crippen MR) is 49.8 cm³/mol. The number of nitrogens with zero attached hydrogens (tertiary/aromatic N) is 2. The highest BCUT2D eigenvalue weighted by Gasteiger charge is 2.36. The van der Waals surface area contributed by atoms with E-state index in [1.165, 1.54) is 0 Å². The fourth-order valence-electron chi connectivity index (χ4n) is 1.62. The van der Waals surface area contributed by atoms with Crippen molar-refractivity contribution in [3.05, 3.63) is 11.7 Å². The minimum atomic E-state index is -3.13. The van der Waals surface area contributed by atoms with Gasteiger partial charge in [0.25, 0.3) is 0 Å². The van der Waals surface area contributed by atoms with E-state index < -0.39 is 15.1 Å². The molecule has 2 heterocycles. The highest BCUT2D eigenvalue weighted by atomic mass is 32.2. The Labute approximate surface area is 86.6 Å². The Morgan fingerprint density at radius 2 is 2.33 bits per heavy atom. The SMILES string of the molecule is O=CCc1noc(C2CCCS2(=O)=O)n1. The highest BCUT2D eigenvalue weighted by molar-refractivity contribution is 7.91. The minimum Gasteiger partial charge on any atom is -0.338 e. The van der Waals surface area contributed by atoms with Crippen LogP contribution in [-0.2, 0) is 21.1 Å². The average molecular weight is 230 g/mol. The summed E-state index contributed by atoms with van der Waals surface area (Å²) in [7, 11) is -3.13. The Kier molecular flexibility index (Phi) is 2.56. The molecule has 0 aromatic carbocycles. The summed E-state index contributed by atoms with van der Waals surface area (Å²) in [6.07, 6.45) is 1.84. The summed E-state index contributed by atoms with van der Waals surface area (Å²) in [5.41, 5.74) is 0. The number of aldehydes is 1. The molecule has 1 unspecified atom stereocenters. The van der Waals surface area contributed by atoms with Crippen LogP contribution in [0.1, 0.15) is 29.8 Å². The molecule has 15 heavy (non-hydrogen) atoms. The molecule has 6 nitrogen and oxygen atoms in total. The summed E-state index contributed by atoms with van der Waals surface area (Å²) in [5, 5.41) is 2.86. The molecule has 82 valence electrons. The number of carbonyl (C=O) groups excluding carboxylic acids is 1. The summed E-state index contributed by atoms with van der Waals surface area (Å²) < 4.78 is 27.9. The van der Waals surface area contributed by atoms with E-state index in [9.17, 15) is 13.2 Å². The fraction of sp³-hybridized carbons (Fsp3) is 0.625. The van der Waals surface area contributed by atoms with Crippen LogP contribution >= 0.6 is 0 Å². The zero-order valence-electron chi connectivity index (χ0n) is 7.92. The summed E-state index contributed by atoms with van der Waals surface area (Å²) in [5.74, 6) is 0.523. The lowest BCUT2D eigenvalue weighted by Gasteiger charge is -2.01. The number of aromatic nitrogens is 2. The van der Waals surface area contributed by atoms with Crippen molar-refractivity contribution in [2.45, 2.75) is 24.5 Å². The lowest BCUT2D eigenvalue weighted by molar-refractivity contribution is -0.107. The second-order valence-corrected chi connectivity index (χ2v) is 5.72. The molecule has 1 fully saturated rings. The smallest absolute Gasteiger partial charge is 0.244 e. The van der Waals surface area contributed by atoms with Gasteiger partial charge in [-0.3, -0.25) is 0 Å². The standard InChI is InChI=1S/C8H10N2O4S/c11-4-3-7-9-8(14-10-7)6-2-1-5-15(6,12)13/h4,6H,1-3,5H2. The Bertz CT molecular complexity index is 465. The Morgan fingerprint density at radius 3 is 2.93 bits per heavy atom. The van der Waals surface area contributed by atoms with E-state index in [0.29, 0.717) is 19.1 Å². The Hall–Kier alpha value is -1.24. The van der Waals surface area contributed by atoms with Crippen LogP contribution in [0, 0.1) is 0 Å². The van der Waals surface area contributed by atoms with Crippen LogP contribution in [0.2, 0.25) is 0 Å². The molecule has 1 aliphatic rings. The van der Waals surface area contributed by atoms with Gasteiger partial charge < -0.3 is 9.32 Å². The van der Waals surface area contributed by atoms with Gasteiger partial charge in [-0.05, 0) is 12.8 Å². The van der Waals surface area contributed by atoms with Crippen LogP contribution in [0.25, 0.3) is 0 Å². The second kappa shape index (κ2) is 3.73. The number of hydrogen-bond donors (Lipinski definition) is 0. The van der Waals surface area contributed by atoms with Crippen molar-refractivity contribution < 1.29 is 17.7 Å². The molecule has 1 aromatic rings. The first-order valence-electron chi connectivity index (χ1n) is 4.61. The molecule has 1 saturated heterocycles. The van der Waals surface area contributed by atoms with Gasteiger partial charge in [-0.25, -0.2) is 8.42 Å². The molecule has 2 rings (SSSR count). The van der Waals surface area contributed by atoms with Crippen LogP contribution in [-0.4, -0.2) is 30.6 Å². The lowest BCUT2D eigenvalue weighted by atomic mass is 10.2. The fourth-order valence-corrected chi connectivity index (χ4v) is 3.41. The molecule has 7 heteroatoms. The largest absolute Gasteiger partial charge is 0.338 e. The van der Waals surface area contributed by atoms with Crippen molar-refractivity contribution in [2.75, 3.05) is 5.75 Å². The van der Waals surface area contributed by atoms with Crippen LogP contribution in [0.3, 0.4) is 0 Å². The van der Waals surface area contributed by atoms with Crippen LogP contribution in [0.15, 0.2) is 4.52 Å². The number of rotatable bonds is 3. The predicted octanol–water partition coefficient (Wildman–Crippen LogP) is 0.0607. The van der Waals surface area contributed by atoms with Crippen molar-refractivity contribution in [1.82, 2.24) is 10.1 Å². The number of carbonyl (C=O) groups is 1. The summed E-state index contributed by atoms with van der Waals surface area (Å²) in [6, 6.07) is 0. The monoisotopic (exact) mass is 230 g/mol. The topological polar surface area (TPSA) is 90.1 Å². The number of sulfone groups is 1. The van der Waals surface area contributed by atoms with Crippen molar-refractivity contribution in [1.29, 1.82) is 0 Å². The average Bonchev–Trinajstić information content (AvgIpc) is 2.72. The molecule has 1 aromatic heterocycles. The van der Waals surface area contributed by atoms with E-state index in [2.05, 4.69) is 10.1 Å². The van der Waals surface area contributed by atoms with Gasteiger partial charge in [0.05, 0.1) is 12.2 Å². The molecular weight excluding hydrogens is 220 g/mol. The molecule has 0 radical (unpaired) electrons. The maximum absolute atomic E-state index is 11.5. The third-order valence-electron chi connectivity index (χ3n) is 2.35. The molecule has 0 amide bonds.